The monoisotopic (exact) mass is 1780 g/mol. The zero-order chi connectivity index (χ0) is 90.5. The minimum absolute atomic E-state index is 0.0686. The molecule has 21 N–H and O–H groups in total. The van der Waals surface area contributed by atoms with Crippen LogP contribution in [0.5, 0.6) is 5.75 Å². The second-order valence-electron chi connectivity index (χ2n) is 37.0. The molecule has 0 aromatic heterocycles. The van der Waals surface area contributed by atoms with Crippen LogP contribution in [-0.4, -0.2) is 399 Å². The number of ether oxygens (including phenoxy) is 17. The third kappa shape index (κ3) is 17.3. The lowest BCUT2D eigenvalue weighted by Crippen LogP contribution is -2.71. The summed E-state index contributed by atoms with van der Waals surface area (Å²) in [6, 6.07) is 6.37. The molecule has 12 aliphatic rings. The number of allylic oxidation sites excluding steroid dienone is 1. The van der Waals surface area contributed by atoms with Crippen LogP contribution in [0.2, 0.25) is 0 Å². The van der Waals surface area contributed by atoms with Gasteiger partial charge in [-0.25, -0.2) is 4.79 Å². The summed E-state index contributed by atoms with van der Waals surface area (Å²) in [5.41, 5.74) is -9.75. The van der Waals surface area contributed by atoms with Crippen molar-refractivity contribution in [2.24, 2.45) is 50.2 Å². The van der Waals surface area contributed by atoms with E-state index in [1.807, 2.05) is 33.8 Å². The summed E-state index contributed by atoms with van der Waals surface area (Å²) >= 11 is 0. The molecule has 4 saturated carbocycles. The van der Waals surface area contributed by atoms with E-state index in [0.717, 1.165) is 13.0 Å². The Hall–Kier alpha value is -4.94. The normalized spacial score (nSPS) is 49.5. The molecule has 124 heavy (non-hydrogen) atoms. The summed E-state index contributed by atoms with van der Waals surface area (Å²) in [7, 11) is 1.44. The molecule has 702 valence electrons. The minimum Gasteiger partial charge on any atom is -0.497 e. The van der Waals surface area contributed by atoms with E-state index >= 15 is 4.79 Å². The molecule has 0 spiro atoms. The van der Waals surface area contributed by atoms with E-state index in [4.69, 9.17) is 80.5 Å². The van der Waals surface area contributed by atoms with Gasteiger partial charge in [0.1, 0.15) is 152 Å². The molecular weight excluding hydrogens is 1660 g/mol. The number of aliphatic hydroxyl groups excluding tert-OH is 19. The molecule has 0 amide bonds. The molecule has 0 bridgehead atoms. The molecule has 0 unspecified atom stereocenters. The first-order valence-corrected chi connectivity index (χ1v) is 42.0. The van der Waals surface area contributed by atoms with E-state index in [1.165, 1.54) is 34.0 Å². The maximum Gasteiger partial charge on any atom is 0.331 e. The van der Waals surface area contributed by atoms with Crippen LogP contribution >= 0.6 is 0 Å². The molecule has 7 heterocycles. The molecule has 7 aliphatic heterocycles. The average molecular weight is 1780 g/mol. The number of benzene rings is 1. The lowest BCUT2D eigenvalue weighted by molar-refractivity contribution is -0.402. The fourth-order valence-electron chi connectivity index (χ4n) is 22.1. The van der Waals surface area contributed by atoms with Crippen molar-refractivity contribution >= 4 is 30.0 Å². The fraction of sp³-hybridized carbons (Fsp3) is 0.829. The van der Waals surface area contributed by atoms with Crippen molar-refractivity contribution in [1.82, 2.24) is 0 Å². The summed E-state index contributed by atoms with van der Waals surface area (Å²) in [4.78, 5) is 57.6. The molecule has 1 aromatic rings. The van der Waals surface area contributed by atoms with Crippen molar-refractivity contribution in [2.45, 2.75) is 321 Å². The van der Waals surface area contributed by atoms with Gasteiger partial charge in [-0.3, -0.25) is 14.4 Å². The molecule has 5 aliphatic carbocycles. The summed E-state index contributed by atoms with van der Waals surface area (Å²) in [5, 5.41) is 240. The summed E-state index contributed by atoms with van der Waals surface area (Å²) < 4.78 is 104. The first-order valence-electron chi connectivity index (χ1n) is 42.0. The van der Waals surface area contributed by atoms with E-state index in [9.17, 15) is 122 Å². The van der Waals surface area contributed by atoms with Crippen LogP contribution in [0.1, 0.15) is 112 Å². The number of esters is 3. The number of carboxylic acid groups (broad SMARTS) is 1. The minimum atomic E-state index is -2.41. The van der Waals surface area contributed by atoms with Gasteiger partial charge in [-0.05, 0) is 130 Å². The highest BCUT2D eigenvalue weighted by atomic mass is 16.8. The highest BCUT2D eigenvalue weighted by molar-refractivity contribution is 5.87. The largest absolute Gasteiger partial charge is 0.497 e. The Morgan fingerprint density at radius 3 is 1.72 bits per heavy atom. The third-order valence-electron chi connectivity index (χ3n) is 29.1. The van der Waals surface area contributed by atoms with Crippen LogP contribution in [0, 0.1) is 50.2 Å². The number of rotatable bonds is 25. The Bertz CT molecular complexity index is 3910. The lowest BCUT2D eigenvalue weighted by Gasteiger charge is -2.71. The molecular formula is C82H122O42. The van der Waals surface area contributed by atoms with Crippen molar-refractivity contribution in [1.29, 1.82) is 0 Å². The Labute approximate surface area is 712 Å². The third-order valence-corrected chi connectivity index (χ3v) is 29.1. The van der Waals surface area contributed by atoms with Gasteiger partial charge < -0.3 is 188 Å². The Morgan fingerprint density at radius 2 is 1.10 bits per heavy atom. The number of carbonyl (C=O) groups excluding carboxylic acids is 3. The predicted molar refractivity (Wildman–Crippen MR) is 407 cm³/mol. The van der Waals surface area contributed by atoms with Gasteiger partial charge in [0, 0.05) is 18.4 Å². The number of methoxy groups -OCH3 is 1. The SMILES string of the molecule is COc1ccc(/C=C\C(=O)O[C@@H]2[C@H](O[C@@H]3O[C@H](CO)[C@@H](O)[C@H](O[C@@H]4O[C@H](COC(C)=O)[C@@H](O)[C@H](O)[C@H]4O)[C@H]3O)[C@@H](O[C@@H]3O[C@@H](C)[C@H](O[C@@H]4OC[C@@H](O)[C@H](O)[C@H]4O)[C@@H](O[C@@H]4OC[C@](O)(CO)[C@H]4O)[C@H]3O)[C@H](OC(=O)[C@@]34CC[C@]5(CO)C(=CC[C@@H]6[C@@]7(C)C[C@H](O)[C@H](O[C@@H]8O[C@H](CO)[C@@H](O)[C@H](O)[C@H]8O)[C@@](C)(C(=O)O)[C@@H]7CC[C@]65C)[C@@H]3CC(C)(C)C[C@H]4O)O[C@@H]2C)cc1. The van der Waals surface area contributed by atoms with E-state index in [0.29, 0.717) is 16.9 Å². The quantitative estimate of drug-likeness (QED) is 0.0142. The van der Waals surface area contributed by atoms with Crippen molar-refractivity contribution in [3.8, 4) is 5.75 Å². The number of carboxylic acids is 1. The van der Waals surface area contributed by atoms with Crippen LogP contribution < -0.4 is 4.74 Å². The zero-order valence-corrected chi connectivity index (χ0v) is 70.0. The van der Waals surface area contributed by atoms with Crippen molar-refractivity contribution in [2.75, 3.05) is 53.4 Å². The lowest BCUT2D eigenvalue weighted by atomic mass is 9.33. The Morgan fingerprint density at radius 1 is 0.532 bits per heavy atom. The summed E-state index contributed by atoms with van der Waals surface area (Å²) in [6.45, 7) is 6.92. The highest BCUT2D eigenvalue weighted by Gasteiger charge is 2.75. The molecule has 7 saturated heterocycles. The van der Waals surface area contributed by atoms with Gasteiger partial charge in [0.15, 0.2) is 49.9 Å². The highest BCUT2D eigenvalue weighted by Crippen LogP contribution is 2.76. The van der Waals surface area contributed by atoms with Crippen LogP contribution in [0.25, 0.3) is 6.08 Å². The second-order valence-corrected chi connectivity index (χ2v) is 37.0. The number of hydrogen-bond donors (Lipinski definition) is 21. The molecule has 11 fully saturated rings. The number of aliphatic carboxylic acids is 1. The Balaban J connectivity index is 0.901. The van der Waals surface area contributed by atoms with Gasteiger partial charge in [-0.15, -0.1) is 0 Å². The standard InChI is InChI=1S/C82H122O42/c1-32-59(118-67-54(98)48(92)40(89)27-110-67)62(120-73-65(103)81(107,30-86)31-111-73)58(102)70(112-32)122-64-63(121-71-57(101)61(51(95)42(26-84)115-71)119-68-55(99)53(97)50(94)43(116-68)28-109-34(3)87)60(117-47(91)17-12-35-10-13-36(108-9)14-11-35)33(2)113-72(64)124-75(106)82-21-20-80(29-85)37(38(82)22-76(4,5)24-46(82)90)15-16-44-77(6)23-39(88)66(79(8,74(104)105)45(77)18-19-78(44,80)7)123-69-56(100)52(96)49(93)41(25-83)114-69/h10-15,17,32-33,38-46,48-73,83-86,88-90,92-103,107H,16,18-31H2,1-9H3,(H,104,105)/b17-12-/t32-,33+,38-,39-,40+,41+,42+,43+,44+,45+,46+,48-,49+,50+,51+,52-,53-,54+,55+,56+,57+,58+,59-,60-,61-,62-,63-,64+,65-,66-,67-,68-,69-,70-,71-,72-,73-,77+,78+,79-,80-,81+,82-/m0/s1. The molecule has 42 nitrogen and oxygen atoms in total. The summed E-state index contributed by atoms with van der Waals surface area (Å²) in [5.74, 6) is -6.62. The number of aliphatic hydroxyl groups is 20. The number of hydrogen-bond acceptors (Lipinski definition) is 41. The molecule has 0 radical (unpaired) electrons. The first kappa shape index (κ1) is 96.6. The van der Waals surface area contributed by atoms with Gasteiger partial charge in [-0.1, -0.05) is 51.5 Å². The van der Waals surface area contributed by atoms with Crippen molar-refractivity contribution in [3.63, 3.8) is 0 Å². The van der Waals surface area contributed by atoms with Gasteiger partial charge in [0.05, 0.1) is 76.6 Å². The van der Waals surface area contributed by atoms with Crippen LogP contribution in [0.4, 0.5) is 0 Å². The van der Waals surface area contributed by atoms with Gasteiger partial charge in [0.2, 0.25) is 6.29 Å². The van der Waals surface area contributed by atoms with E-state index in [-0.39, 0.29) is 51.4 Å². The van der Waals surface area contributed by atoms with Crippen LogP contribution in [0.3, 0.4) is 0 Å². The Kier molecular flexibility index (Phi) is 29.1. The first-order chi connectivity index (χ1) is 58.4. The number of fused-ring (bicyclic) bond motifs is 7. The maximum atomic E-state index is 16.9. The van der Waals surface area contributed by atoms with Gasteiger partial charge >= 0.3 is 23.9 Å². The second kappa shape index (κ2) is 37.4. The van der Waals surface area contributed by atoms with Gasteiger partial charge in [-0.2, -0.15) is 0 Å². The molecule has 13 rings (SSSR count). The maximum absolute atomic E-state index is 16.9. The smallest absolute Gasteiger partial charge is 0.331 e. The molecule has 43 atom stereocenters. The zero-order valence-electron chi connectivity index (χ0n) is 70.0. The van der Waals surface area contributed by atoms with Gasteiger partial charge in [0.25, 0.3) is 0 Å². The number of carbonyl (C=O) groups is 4. The van der Waals surface area contributed by atoms with Crippen LogP contribution in [0.15, 0.2) is 42.0 Å². The average Bonchev–Trinajstić information content (AvgIpc) is 0.666. The topological polar surface area (TPSA) is 650 Å². The van der Waals surface area contributed by atoms with E-state index in [2.05, 4.69) is 0 Å². The predicted octanol–water partition coefficient (Wildman–Crippen LogP) is -6.41. The van der Waals surface area contributed by atoms with Crippen molar-refractivity contribution < 1.29 is 207 Å². The molecule has 1 aromatic carbocycles. The molecule has 42 heteroatoms. The fourth-order valence-corrected chi connectivity index (χ4v) is 22.1. The summed E-state index contributed by atoms with van der Waals surface area (Å²) in [6.07, 6.45) is -62.3. The van der Waals surface area contributed by atoms with Crippen molar-refractivity contribution in [3.05, 3.63) is 47.6 Å². The van der Waals surface area contributed by atoms with Crippen LogP contribution in [-0.2, 0) is 95.0 Å². The van der Waals surface area contributed by atoms with E-state index < -0.39 is 335 Å². The van der Waals surface area contributed by atoms with E-state index in [1.54, 1.807) is 24.3 Å².